The van der Waals surface area contributed by atoms with E-state index in [1.807, 2.05) is 4.57 Å². The fraction of sp³-hybridized carbons (Fsp3) is 0.692. The highest BCUT2D eigenvalue weighted by molar-refractivity contribution is 7.89. The van der Waals surface area contributed by atoms with Crippen LogP contribution in [-0.4, -0.2) is 31.1 Å². The maximum absolute atomic E-state index is 12.4. The first-order valence-corrected chi connectivity index (χ1v) is 8.71. The van der Waals surface area contributed by atoms with Crippen LogP contribution in [-0.2, 0) is 23.1 Å². The first-order valence-electron chi connectivity index (χ1n) is 7.23. The first-order chi connectivity index (χ1) is 9.56. The van der Waals surface area contributed by atoms with Gasteiger partial charge in [-0.2, -0.15) is 0 Å². The number of aryl methyl sites for hydroxylation is 1. The van der Waals surface area contributed by atoms with E-state index in [0.717, 1.165) is 44.6 Å². The van der Waals surface area contributed by atoms with Crippen LogP contribution in [0.5, 0.6) is 0 Å². The molecule has 0 saturated carbocycles. The average molecular weight is 300 g/mol. The van der Waals surface area contributed by atoms with Crippen LogP contribution in [0.4, 0.5) is 0 Å². The molecule has 0 radical (unpaired) electrons. The number of nitrogens with two attached hydrogens (primary N) is 1. The van der Waals surface area contributed by atoms with Crippen molar-refractivity contribution in [3.63, 3.8) is 0 Å². The Labute approximate surface area is 121 Å². The summed E-state index contributed by atoms with van der Waals surface area (Å²) in [6.45, 7) is 4.74. The number of piperidine rings is 1. The summed E-state index contributed by atoms with van der Waals surface area (Å²) in [6.07, 6.45) is 5.86. The maximum atomic E-state index is 12.4. The minimum absolute atomic E-state index is 0.303. The number of hydrogen-bond donors (Lipinski definition) is 2. The molecule has 1 fully saturated rings. The lowest BCUT2D eigenvalue weighted by molar-refractivity contribution is 0.200. The van der Waals surface area contributed by atoms with E-state index < -0.39 is 10.0 Å². The Morgan fingerprint density at radius 1 is 1.30 bits per heavy atom. The molecular weight excluding hydrogens is 276 g/mol. The smallest absolute Gasteiger partial charge is 0.254 e. The molecule has 0 amide bonds. The van der Waals surface area contributed by atoms with Crippen LogP contribution in [0.2, 0.25) is 0 Å². The largest absolute Gasteiger partial charge is 0.349 e. The SMILES string of the molecule is CCCn1cc(S(=O)(=O)NN2CCCCC2)cc1CN. The summed E-state index contributed by atoms with van der Waals surface area (Å²) in [4.78, 5) is 2.97. The lowest BCUT2D eigenvalue weighted by Crippen LogP contribution is -2.44. The molecule has 1 aromatic heterocycles. The highest BCUT2D eigenvalue weighted by atomic mass is 32.2. The Hall–Kier alpha value is -0.890. The summed E-state index contributed by atoms with van der Waals surface area (Å²) in [5, 5.41) is 1.79. The molecule has 1 aliphatic rings. The van der Waals surface area contributed by atoms with Crippen molar-refractivity contribution in [2.75, 3.05) is 13.1 Å². The minimum Gasteiger partial charge on any atom is -0.349 e. The number of nitrogens with zero attached hydrogens (tertiary/aromatic N) is 2. The molecule has 1 saturated heterocycles. The molecule has 2 rings (SSSR count). The van der Waals surface area contributed by atoms with Crippen molar-refractivity contribution in [1.29, 1.82) is 0 Å². The van der Waals surface area contributed by atoms with E-state index in [-0.39, 0.29) is 0 Å². The molecule has 7 heteroatoms. The van der Waals surface area contributed by atoms with Crippen molar-refractivity contribution in [2.24, 2.45) is 5.73 Å². The molecule has 0 atom stereocenters. The van der Waals surface area contributed by atoms with Crippen LogP contribution in [0.25, 0.3) is 0 Å². The number of hydrogen-bond acceptors (Lipinski definition) is 4. The highest BCUT2D eigenvalue weighted by Gasteiger charge is 2.22. The van der Waals surface area contributed by atoms with E-state index in [4.69, 9.17) is 5.73 Å². The van der Waals surface area contributed by atoms with Gasteiger partial charge in [-0.1, -0.05) is 13.3 Å². The first kappa shape index (κ1) is 15.5. The van der Waals surface area contributed by atoms with Gasteiger partial charge in [0.1, 0.15) is 4.90 Å². The number of hydrazine groups is 1. The second-order valence-electron chi connectivity index (χ2n) is 5.21. The third-order valence-corrected chi connectivity index (χ3v) is 4.89. The lowest BCUT2D eigenvalue weighted by atomic mass is 10.2. The Morgan fingerprint density at radius 3 is 2.60 bits per heavy atom. The normalized spacial score (nSPS) is 17.5. The molecule has 3 N–H and O–H groups in total. The molecule has 0 unspecified atom stereocenters. The zero-order valence-electron chi connectivity index (χ0n) is 12.0. The van der Waals surface area contributed by atoms with Gasteiger partial charge in [0, 0.05) is 38.1 Å². The van der Waals surface area contributed by atoms with Crippen molar-refractivity contribution < 1.29 is 8.42 Å². The van der Waals surface area contributed by atoms with Crippen molar-refractivity contribution in [3.05, 3.63) is 18.0 Å². The molecule has 0 bridgehead atoms. The van der Waals surface area contributed by atoms with E-state index in [1.165, 1.54) is 6.42 Å². The summed E-state index contributed by atoms with van der Waals surface area (Å²) in [5.41, 5.74) is 6.53. The molecule has 0 spiro atoms. The highest BCUT2D eigenvalue weighted by Crippen LogP contribution is 2.16. The molecule has 114 valence electrons. The third kappa shape index (κ3) is 3.60. The molecule has 2 heterocycles. The molecule has 1 aromatic rings. The van der Waals surface area contributed by atoms with Crippen LogP contribution in [0, 0.1) is 0 Å². The van der Waals surface area contributed by atoms with E-state index in [0.29, 0.717) is 11.4 Å². The third-order valence-electron chi connectivity index (χ3n) is 3.55. The molecule has 6 nitrogen and oxygen atoms in total. The summed E-state index contributed by atoms with van der Waals surface area (Å²) < 4.78 is 26.7. The molecule has 1 aliphatic heterocycles. The molecule has 0 aromatic carbocycles. The van der Waals surface area contributed by atoms with Gasteiger partial charge in [-0.25, -0.2) is 13.4 Å². The average Bonchev–Trinajstić information content (AvgIpc) is 2.84. The van der Waals surface area contributed by atoms with Crippen LogP contribution >= 0.6 is 0 Å². The zero-order valence-corrected chi connectivity index (χ0v) is 12.8. The van der Waals surface area contributed by atoms with Crippen molar-refractivity contribution in [1.82, 2.24) is 14.4 Å². The van der Waals surface area contributed by atoms with Gasteiger partial charge >= 0.3 is 0 Å². The van der Waals surface area contributed by atoms with Crippen LogP contribution in [0.1, 0.15) is 38.3 Å². The molecule has 0 aliphatic carbocycles. The summed E-state index contributed by atoms with van der Waals surface area (Å²) in [5.74, 6) is 0. The van der Waals surface area contributed by atoms with E-state index in [1.54, 1.807) is 17.3 Å². The monoisotopic (exact) mass is 300 g/mol. The Morgan fingerprint density at radius 2 is 2.00 bits per heavy atom. The fourth-order valence-corrected chi connectivity index (χ4v) is 3.69. The Bertz CT molecular complexity index is 533. The second kappa shape index (κ2) is 6.71. The van der Waals surface area contributed by atoms with Crippen molar-refractivity contribution in [2.45, 2.75) is 50.6 Å². The van der Waals surface area contributed by atoms with E-state index >= 15 is 0 Å². The summed E-state index contributed by atoms with van der Waals surface area (Å²) in [6, 6.07) is 1.67. The second-order valence-corrected chi connectivity index (χ2v) is 6.87. The lowest BCUT2D eigenvalue weighted by Gasteiger charge is -2.26. The summed E-state index contributed by atoms with van der Waals surface area (Å²) >= 11 is 0. The number of nitrogens with one attached hydrogen (secondary N) is 1. The van der Waals surface area contributed by atoms with E-state index in [9.17, 15) is 8.42 Å². The van der Waals surface area contributed by atoms with Crippen LogP contribution in [0.3, 0.4) is 0 Å². The Balaban J connectivity index is 2.15. The van der Waals surface area contributed by atoms with Crippen molar-refractivity contribution >= 4 is 10.0 Å². The van der Waals surface area contributed by atoms with Gasteiger partial charge in [0.05, 0.1) is 0 Å². The van der Waals surface area contributed by atoms with Crippen LogP contribution in [0.15, 0.2) is 17.2 Å². The van der Waals surface area contributed by atoms with Gasteiger partial charge in [-0.15, -0.1) is 4.83 Å². The number of rotatable bonds is 6. The predicted octanol–water partition coefficient (Wildman–Crippen LogP) is 1.04. The number of sulfonamides is 1. The van der Waals surface area contributed by atoms with E-state index in [2.05, 4.69) is 11.8 Å². The summed E-state index contributed by atoms with van der Waals surface area (Å²) in [7, 11) is -3.49. The maximum Gasteiger partial charge on any atom is 0.254 e. The van der Waals surface area contributed by atoms with Crippen molar-refractivity contribution in [3.8, 4) is 0 Å². The van der Waals surface area contributed by atoms with Gasteiger partial charge in [0.2, 0.25) is 0 Å². The van der Waals surface area contributed by atoms with Gasteiger partial charge in [0.25, 0.3) is 10.0 Å². The molecule has 20 heavy (non-hydrogen) atoms. The van der Waals surface area contributed by atoms with Gasteiger partial charge in [-0.05, 0) is 25.3 Å². The predicted molar refractivity (Wildman–Crippen MR) is 78.4 cm³/mol. The zero-order chi connectivity index (χ0) is 14.6. The quantitative estimate of drug-likeness (QED) is 0.822. The van der Waals surface area contributed by atoms with Gasteiger partial charge in [0.15, 0.2) is 0 Å². The number of aromatic nitrogens is 1. The minimum atomic E-state index is -3.49. The molecular formula is C13H24N4O2S. The fourth-order valence-electron chi connectivity index (χ4n) is 2.50. The van der Waals surface area contributed by atoms with Gasteiger partial charge < -0.3 is 10.3 Å². The van der Waals surface area contributed by atoms with Gasteiger partial charge in [-0.3, -0.25) is 0 Å². The standard InChI is InChI=1S/C13H24N4O2S/c1-2-6-16-11-13(9-12(16)10-14)20(18,19)15-17-7-4-3-5-8-17/h9,11,15H,2-8,10,14H2,1H3. The topological polar surface area (TPSA) is 80.4 Å². The van der Waals surface area contributed by atoms with Crippen LogP contribution < -0.4 is 10.6 Å². The Kier molecular flexibility index (Phi) is 5.20.